The van der Waals surface area contributed by atoms with Crippen LogP contribution in [0.3, 0.4) is 0 Å². The summed E-state index contributed by atoms with van der Waals surface area (Å²) in [4.78, 5) is 0. The van der Waals surface area contributed by atoms with Gasteiger partial charge in [-0.3, -0.25) is 0 Å². The number of hydrogen-bond donors (Lipinski definition) is 0. The summed E-state index contributed by atoms with van der Waals surface area (Å²) in [7, 11) is 0. The minimum atomic E-state index is -1.86. The molecule has 2 rings (SSSR count). The Morgan fingerprint density at radius 3 is 1.93 bits per heavy atom. The minimum absolute atomic E-state index is 0. The molecule has 162 valence electrons. The van der Waals surface area contributed by atoms with Crippen LogP contribution in [0.1, 0.15) is 73.4 Å². The minimum Gasteiger partial charge on any atom is -1.00 e. The van der Waals surface area contributed by atoms with Crippen molar-refractivity contribution in [1.29, 1.82) is 0 Å². The maximum absolute atomic E-state index is 7.06. The van der Waals surface area contributed by atoms with Crippen molar-refractivity contribution in [3.05, 3.63) is 52.1 Å². The average Bonchev–Trinajstić information content (AvgIpc) is 2.77. The van der Waals surface area contributed by atoms with Gasteiger partial charge in [-0.1, -0.05) is 0 Å². The van der Waals surface area contributed by atoms with Gasteiger partial charge in [0.15, 0.2) is 0 Å². The summed E-state index contributed by atoms with van der Waals surface area (Å²) in [5.41, 5.74) is 7.33. The Morgan fingerprint density at radius 2 is 1.52 bits per heavy atom. The van der Waals surface area contributed by atoms with Crippen LogP contribution in [-0.4, -0.2) is 6.19 Å². The first kappa shape index (κ1) is 29.0. The van der Waals surface area contributed by atoms with Crippen molar-refractivity contribution < 1.29 is 45.1 Å². The normalized spacial score (nSPS) is 18.3. The largest absolute Gasteiger partial charge is 1.00 e. The summed E-state index contributed by atoms with van der Waals surface area (Å²) in [5.74, 6) is 1.11. The van der Waals surface area contributed by atoms with Crippen LogP contribution >= 0.6 is 0 Å². The Hall–Kier alpha value is 0.0112. The van der Waals surface area contributed by atoms with Crippen molar-refractivity contribution in [3.63, 3.8) is 0 Å². The van der Waals surface area contributed by atoms with E-state index < -0.39 is 23.2 Å². The number of aryl methyl sites for hydroxylation is 1. The molecule has 1 aliphatic carbocycles. The molecule has 0 bridgehead atoms. The molecular formula is C24H38Cl2OSiTi. The van der Waals surface area contributed by atoms with Crippen molar-refractivity contribution in [2.45, 2.75) is 90.5 Å². The average molecular weight is 489 g/mol. The zero-order valence-electron chi connectivity index (χ0n) is 19.9. The Kier molecular flexibility index (Phi) is 11.1. The van der Waals surface area contributed by atoms with Gasteiger partial charge in [0.1, 0.15) is 0 Å². The Labute approximate surface area is 198 Å². The van der Waals surface area contributed by atoms with E-state index in [4.69, 9.17) is 3.32 Å². The quantitative estimate of drug-likeness (QED) is 0.573. The standard InChI is InChI=1S/C11H16O.C9H13.C4H10Si.2ClH.Ti/c1-8-5-9(11(2,3)4)7-10(12)6-8;1-6-5-7(2)9(4)8(6)3;1-3-5-4-2;;;/h5-7,12H,1-4H3;5H,1-4H3;3-4H2,1-2H3;2*1H;/q;;;;;+3/p-3. The second-order valence-electron chi connectivity index (χ2n) is 9.31. The molecule has 0 amide bonds. The number of allylic oxidation sites excluding steroid dienone is 4. The van der Waals surface area contributed by atoms with E-state index in [9.17, 15) is 0 Å². The monoisotopic (exact) mass is 488 g/mol. The molecule has 29 heavy (non-hydrogen) atoms. The van der Waals surface area contributed by atoms with Gasteiger partial charge in [-0.25, -0.2) is 0 Å². The van der Waals surface area contributed by atoms with Crippen LogP contribution in [0, 0.1) is 6.92 Å². The SMILES string of the molecule is CC[Si](CC)=[Ti+2]([O]c1cc(C)cc(C(C)(C)C)c1)[C]1(C)C=C(C)C(C)=C1C.[Cl-].[Cl-]. The van der Waals surface area contributed by atoms with Crippen LogP contribution in [0.2, 0.25) is 15.8 Å². The van der Waals surface area contributed by atoms with Crippen molar-refractivity contribution >= 4 is 6.19 Å². The van der Waals surface area contributed by atoms with Gasteiger partial charge in [0.2, 0.25) is 0 Å². The first-order valence-corrected chi connectivity index (χ1v) is 16.0. The molecule has 1 aromatic rings. The summed E-state index contributed by atoms with van der Waals surface area (Å²) in [6.45, 7) is 23.2. The number of halogens is 2. The third-order valence-electron chi connectivity index (χ3n) is 6.22. The molecular weight excluding hydrogens is 451 g/mol. The third kappa shape index (κ3) is 6.26. The molecule has 0 spiro atoms. The van der Waals surface area contributed by atoms with E-state index >= 15 is 0 Å². The maximum atomic E-state index is 7.06. The van der Waals surface area contributed by atoms with Crippen LogP contribution < -0.4 is 28.1 Å². The number of benzene rings is 1. The van der Waals surface area contributed by atoms with Gasteiger partial charge in [-0.15, -0.1) is 0 Å². The van der Waals surface area contributed by atoms with E-state index in [1.165, 1.54) is 34.4 Å². The summed E-state index contributed by atoms with van der Waals surface area (Å²) in [6, 6.07) is 9.50. The van der Waals surface area contributed by atoms with E-state index in [-0.39, 0.29) is 33.9 Å². The van der Waals surface area contributed by atoms with Crippen LogP contribution in [0.25, 0.3) is 0 Å². The van der Waals surface area contributed by atoms with Gasteiger partial charge in [0, 0.05) is 0 Å². The molecule has 0 saturated heterocycles. The van der Waals surface area contributed by atoms with E-state index in [1.807, 2.05) is 0 Å². The van der Waals surface area contributed by atoms with Gasteiger partial charge in [-0.2, -0.15) is 0 Å². The fourth-order valence-electron chi connectivity index (χ4n) is 4.04. The zero-order valence-corrected chi connectivity index (χ0v) is 24.0. The third-order valence-corrected chi connectivity index (χ3v) is 20.4. The molecule has 1 atom stereocenters. The van der Waals surface area contributed by atoms with Crippen LogP contribution in [0.5, 0.6) is 5.75 Å². The van der Waals surface area contributed by atoms with Crippen LogP contribution in [0.15, 0.2) is 41.0 Å². The Bertz CT molecular complexity index is 828. The molecule has 0 aromatic heterocycles. The van der Waals surface area contributed by atoms with Gasteiger partial charge in [0.05, 0.1) is 0 Å². The summed E-state index contributed by atoms with van der Waals surface area (Å²) < 4.78 is 7.23. The molecule has 0 aliphatic heterocycles. The second kappa shape index (κ2) is 11.0. The van der Waals surface area contributed by atoms with Crippen LogP contribution in [-0.2, 0) is 22.4 Å². The smallest absolute Gasteiger partial charge is 1.00 e. The van der Waals surface area contributed by atoms with Crippen molar-refractivity contribution in [1.82, 2.24) is 0 Å². The summed E-state index contributed by atoms with van der Waals surface area (Å²) in [6.07, 6.45) is 2.07. The molecule has 0 radical (unpaired) electrons. The van der Waals surface area contributed by atoms with E-state index in [1.54, 1.807) is 5.57 Å². The molecule has 1 aliphatic rings. The van der Waals surface area contributed by atoms with E-state index in [0.717, 1.165) is 5.75 Å². The molecule has 1 unspecified atom stereocenters. The molecule has 0 heterocycles. The Morgan fingerprint density at radius 1 is 0.966 bits per heavy atom. The maximum Gasteiger partial charge on any atom is -1.00 e. The topological polar surface area (TPSA) is 9.23 Å². The zero-order chi connectivity index (χ0) is 20.6. The van der Waals surface area contributed by atoms with E-state index in [2.05, 4.69) is 93.5 Å². The fourth-order valence-corrected chi connectivity index (χ4v) is 17.0. The molecule has 1 aromatic carbocycles. The summed E-state index contributed by atoms with van der Waals surface area (Å²) >= 11 is -1.86. The van der Waals surface area contributed by atoms with Gasteiger partial charge >= 0.3 is 175 Å². The van der Waals surface area contributed by atoms with Gasteiger partial charge in [-0.05, 0) is 0 Å². The molecule has 1 nitrogen and oxygen atoms in total. The van der Waals surface area contributed by atoms with Crippen molar-refractivity contribution in [3.8, 4) is 5.75 Å². The van der Waals surface area contributed by atoms with Gasteiger partial charge < -0.3 is 24.8 Å². The van der Waals surface area contributed by atoms with Crippen LogP contribution in [0.4, 0.5) is 0 Å². The molecule has 5 heteroatoms. The first-order chi connectivity index (χ1) is 12.4. The van der Waals surface area contributed by atoms with Gasteiger partial charge in [0.25, 0.3) is 0 Å². The van der Waals surface area contributed by atoms with Crippen molar-refractivity contribution in [2.75, 3.05) is 0 Å². The van der Waals surface area contributed by atoms with Crippen molar-refractivity contribution in [2.24, 2.45) is 0 Å². The second-order valence-corrected chi connectivity index (χ2v) is 20.1. The molecule has 0 saturated carbocycles. The molecule has 0 N–H and O–H groups in total. The Balaban J connectivity index is 0.00000392. The predicted molar refractivity (Wildman–Crippen MR) is 118 cm³/mol. The summed E-state index contributed by atoms with van der Waals surface area (Å²) in [5, 5.41) is 0. The predicted octanol–water partition coefficient (Wildman–Crippen LogP) is 1.72. The fraction of sp³-hybridized carbons (Fsp3) is 0.583. The first-order valence-electron chi connectivity index (χ1n) is 10.3. The number of hydrogen-bond acceptors (Lipinski definition) is 1. The number of rotatable bonds is 5. The molecule has 0 fully saturated rings. The van der Waals surface area contributed by atoms with E-state index in [0.29, 0.717) is 0 Å².